The smallest absolute Gasteiger partial charge is 0.225 e. The van der Waals surface area contributed by atoms with E-state index < -0.39 is 0 Å². The minimum Gasteiger partial charge on any atom is -0.368 e. The normalized spacial score (nSPS) is 14.5. The number of piperazine rings is 1. The number of aromatic nitrogens is 2. The quantitative estimate of drug-likeness (QED) is 0.316. The van der Waals surface area contributed by atoms with Crippen molar-refractivity contribution in [2.45, 2.75) is 13.8 Å². The molecule has 158 valence electrons. The van der Waals surface area contributed by atoms with Gasteiger partial charge in [0.2, 0.25) is 5.28 Å². The van der Waals surface area contributed by atoms with E-state index >= 15 is 0 Å². The topological polar surface area (TPSA) is 32.3 Å². The van der Waals surface area contributed by atoms with Crippen LogP contribution in [0.1, 0.15) is 10.4 Å². The molecule has 2 aromatic heterocycles. The van der Waals surface area contributed by atoms with Crippen LogP contribution in [-0.2, 0) is 0 Å². The number of aryl methyl sites for hydroxylation is 2. The highest BCUT2D eigenvalue weighted by molar-refractivity contribution is 7.19. The van der Waals surface area contributed by atoms with Crippen molar-refractivity contribution >= 4 is 56.3 Å². The Hall–Kier alpha value is -2.34. The monoisotopic (exact) mass is 468 g/mol. The Morgan fingerprint density at radius 3 is 2.29 bits per heavy atom. The average molecular weight is 469 g/mol. The summed E-state index contributed by atoms with van der Waals surface area (Å²) in [5.74, 6) is 0.931. The molecule has 0 bridgehead atoms. The Bertz CT molecular complexity index is 1240. The van der Waals surface area contributed by atoms with Gasteiger partial charge >= 0.3 is 0 Å². The SMILES string of the molecule is Cc1ccc(-c2c(C)sc3nc(Cl)nc(N4CCN(c5cccc(Cl)c5)CC4)c23)cc1. The summed E-state index contributed by atoms with van der Waals surface area (Å²) in [5, 5.41) is 2.17. The van der Waals surface area contributed by atoms with E-state index in [9.17, 15) is 0 Å². The van der Waals surface area contributed by atoms with Crippen LogP contribution in [0.25, 0.3) is 21.3 Å². The number of benzene rings is 2. The van der Waals surface area contributed by atoms with E-state index in [-0.39, 0.29) is 0 Å². The van der Waals surface area contributed by atoms with Crippen LogP contribution in [0.5, 0.6) is 0 Å². The maximum atomic E-state index is 6.35. The van der Waals surface area contributed by atoms with Crippen LogP contribution in [0.3, 0.4) is 0 Å². The summed E-state index contributed by atoms with van der Waals surface area (Å²) < 4.78 is 0. The zero-order chi connectivity index (χ0) is 21.5. The van der Waals surface area contributed by atoms with Crippen molar-refractivity contribution in [3.8, 4) is 11.1 Å². The lowest BCUT2D eigenvalue weighted by atomic mass is 10.0. The molecule has 31 heavy (non-hydrogen) atoms. The molecule has 0 radical (unpaired) electrons. The molecule has 0 spiro atoms. The third-order valence-electron chi connectivity index (χ3n) is 5.77. The maximum Gasteiger partial charge on any atom is 0.225 e. The highest BCUT2D eigenvalue weighted by atomic mass is 35.5. The fourth-order valence-corrected chi connectivity index (χ4v) is 5.65. The molecule has 3 heterocycles. The third-order valence-corrected chi connectivity index (χ3v) is 7.18. The summed E-state index contributed by atoms with van der Waals surface area (Å²) in [4.78, 5) is 16.1. The van der Waals surface area contributed by atoms with Gasteiger partial charge in [0.15, 0.2) is 0 Å². The van der Waals surface area contributed by atoms with Gasteiger partial charge in [-0.2, -0.15) is 4.98 Å². The van der Waals surface area contributed by atoms with Crippen molar-refractivity contribution in [1.29, 1.82) is 0 Å². The van der Waals surface area contributed by atoms with Crippen molar-refractivity contribution < 1.29 is 0 Å². The van der Waals surface area contributed by atoms with Crippen molar-refractivity contribution in [3.63, 3.8) is 0 Å². The molecule has 1 fully saturated rings. The minimum atomic E-state index is 0.302. The predicted octanol–water partition coefficient (Wildman–Crippen LogP) is 6.61. The molecular formula is C24H22Cl2N4S. The van der Waals surface area contributed by atoms with Crippen LogP contribution in [-0.4, -0.2) is 36.1 Å². The van der Waals surface area contributed by atoms with Gasteiger partial charge in [-0.1, -0.05) is 47.5 Å². The molecule has 0 amide bonds. The Balaban J connectivity index is 1.52. The van der Waals surface area contributed by atoms with Gasteiger partial charge < -0.3 is 9.80 Å². The molecule has 1 aliphatic heterocycles. The molecule has 0 saturated carbocycles. The molecule has 0 N–H and O–H groups in total. The summed E-state index contributed by atoms with van der Waals surface area (Å²) in [6.45, 7) is 7.76. The van der Waals surface area contributed by atoms with Crippen LogP contribution in [0.2, 0.25) is 10.3 Å². The highest BCUT2D eigenvalue weighted by Crippen LogP contribution is 2.42. The number of hydrogen-bond acceptors (Lipinski definition) is 5. The summed E-state index contributed by atoms with van der Waals surface area (Å²) in [6, 6.07) is 16.7. The average Bonchev–Trinajstić information content (AvgIpc) is 3.09. The van der Waals surface area contributed by atoms with E-state index in [0.717, 1.165) is 52.9 Å². The first kappa shape index (κ1) is 20.6. The maximum absolute atomic E-state index is 6.35. The zero-order valence-electron chi connectivity index (χ0n) is 17.4. The lowest BCUT2D eigenvalue weighted by molar-refractivity contribution is 0.649. The van der Waals surface area contributed by atoms with Gasteiger partial charge in [0.1, 0.15) is 10.6 Å². The van der Waals surface area contributed by atoms with E-state index in [0.29, 0.717) is 5.28 Å². The summed E-state index contributed by atoms with van der Waals surface area (Å²) >= 11 is 14.2. The van der Waals surface area contributed by atoms with E-state index in [1.54, 1.807) is 11.3 Å². The zero-order valence-corrected chi connectivity index (χ0v) is 19.7. The number of fused-ring (bicyclic) bond motifs is 1. The van der Waals surface area contributed by atoms with Crippen molar-refractivity contribution in [1.82, 2.24) is 9.97 Å². The van der Waals surface area contributed by atoms with Crippen LogP contribution in [0.15, 0.2) is 48.5 Å². The van der Waals surface area contributed by atoms with E-state index in [1.807, 2.05) is 18.2 Å². The van der Waals surface area contributed by atoms with Crippen LogP contribution in [0.4, 0.5) is 11.5 Å². The van der Waals surface area contributed by atoms with E-state index in [1.165, 1.54) is 21.6 Å². The molecule has 5 rings (SSSR count). The Morgan fingerprint density at radius 2 is 1.58 bits per heavy atom. The van der Waals surface area contributed by atoms with Crippen LogP contribution < -0.4 is 9.80 Å². The lowest BCUT2D eigenvalue weighted by Gasteiger charge is -2.37. The second-order valence-electron chi connectivity index (χ2n) is 7.85. The summed E-state index contributed by atoms with van der Waals surface area (Å²) in [6.07, 6.45) is 0. The number of anilines is 2. The molecule has 2 aromatic carbocycles. The second kappa shape index (κ2) is 8.30. The predicted molar refractivity (Wildman–Crippen MR) is 133 cm³/mol. The number of thiophene rings is 1. The Kier molecular flexibility index (Phi) is 5.51. The van der Waals surface area contributed by atoms with Gasteiger partial charge in [0, 0.05) is 47.3 Å². The molecule has 4 nitrogen and oxygen atoms in total. The molecule has 0 aliphatic carbocycles. The largest absolute Gasteiger partial charge is 0.368 e. The molecule has 0 atom stereocenters. The first-order chi connectivity index (χ1) is 15.0. The number of nitrogens with zero attached hydrogens (tertiary/aromatic N) is 4. The highest BCUT2D eigenvalue weighted by Gasteiger charge is 2.25. The first-order valence-corrected chi connectivity index (χ1v) is 11.9. The molecule has 1 saturated heterocycles. The summed E-state index contributed by atoms with van der Waals surface area (Å²) in [5.41, 5.74) is 4.81. The van der Waals surface area contributed by atoms with Gasteiger partial charge in [-0.3, -0.25) is 0 Å². The number of hydrogen-bond donors (Lipinski definition) is 0. The molecule has 0 unspecified atom stereocenters. The van der Waals surface area contributed by atoms with E-state index in [4.69, 9.17) is 28.2 Å². The van der Waals surface area contributed by atoms with Gasteiger partial charge in [0.25, 0.3) is 0 Å². The van der Waals surface area contributed by atoms with Crippen molar-refractivity contribution in [3.05, 3.63) is 69.3 Å². The minimum absolute atomic E-state index is 0.302. The number of halogens is 2. The van der Waals surface area contributed by atoms with Crippen LogP contribution >= 0.6 is 34.5 Å². The summed E-state index contributed by atoms with van der Waals surface area (Å²) in [7, 11) is 0. The Labute approximate surface area is 196 Å². The van der Waals surface area contributed by atoms with Crippen molar-refractivity contribution in [2.24, 2.45) is 0 Å². The number of rotatable bonds is 3. The molecule has 7 heteroatoms. The fourth-order valence-electron chi connectivity index (χ4n) is 4.21. The standard InChI is InChI=1S/C24H22Cl2N4S/c1-15-6-8-17(9-7-15)20-16(2)31-23-21(20)22(27-24(26)28-23)30-12-10-29(11-13-30)19-5-3-4-18(25)14-19/h3-9,14H,10-13H2,1-2H3. The Morgan fingerprint density at radius 1 is 0.871 bits per heavy atom. The van der Waals surface area contributed by atoms with Crippen LogP contribution in [0, 0.1) is 13.8 Å². The van der Waals surface area contributed by atoms with Gasteiger partial charge in [-0.25, -0.2) is 4.98 Å². The lowest BCUT2D eigenvalue weighted by Crippen LogP contribution is -2.47. The van der Waals surface area contributed by atoms with Gasteiger partial charge in [0.05, 0.1) is 5.39 Å². The fraction of sp³-hybridized carbons (Fsp3) is 0.250. The first-order valence-electron chi connectivity index (χ1n) is 10.3. The van der Waals surface area contributed by atoms with E-state index in [2.05, 4.69) is 59.0 Å². The second-order valence-corrected chi connectivity index (χ2v) is 9.83. The molecular weight excluding hydrogens is 447 g/mol. The van der Waals surface area contributed by atoms with Gasteiger partial charge in [-0.15, -0.1) is 11.3 Å². The third kappa shape index (κ3) is 3.98. The molecule has 1 aliphatic rings. The van der Waals surface area contributed by atoms with Crippen molar-refractivity contribution in [2.75, 3.05) is 36.0 Å². The van der Waals surface area contributed by atoms with Gasteiger partial charge in [-0.05, 0) is 49.2 Å². The molecule has 4 aromatic rings.